The second-order valence-electron chi connectivity index (χ2n) is 5.05. The first-order valence-electron chi connectivity index (χ1n) is 6.87. The van der Waals surface area contributed by atoms with E-state index in [1.54, 1.807) is 24.3 Å². The summed E-state index contributed by atoms with van der Waals surface area (Å²) in [4.78, 5) is -1.15. The van der Waals surface area contributed by atoms with E-state index < -0.39 is 4.87 Å². The summed E-state index contributed by atoms with van der Waals surface area (Å²) in [5, 5.41) is 0. The van der Waals surface area contributed by atoms with Crippen LogP contribution in [0.2, 0.25) is 0 Å². The summed E-state index contributed by atoms with van der Waals surface area (Å²) in [5.41, 5.74) is 1.88. The molecule has 0 aliphatic rings. The molecule has 0 nitrogen and oxygen atoms in total. The second-order valence-corrected chi connectivity index (χ2v) is 5.61. The van der Waals surface area contributed by atoms with Crippen LogP contribution in [0.4, 0.5) is 8.78 Å². The van der Waals surface area contributed by atoms with E-state index in [4.69, 9.17) is 11.6 Å². The Hall–Kier alpha value is -2.19. The molecule has 0 bridgehead atoms. The number of rotatable bonds is 3. The molecule has 3 aromatic carbocycles. The summed E-state index contributed by atoms with van der Waals surface area (Å²) < 4.78 is 27.4. The molecular formula is C19H13ClF2. The molecule has 0 aliphatic heterocycles. The lowest BCUT2D eigenvalue weighted by molar-refractivity contribution is 0.619. The third-order valence-electron chi connectivity index (χ3n) is 3.62. The fourth-order valence-electron chi connectivity index (χ4n) is 2.57. The van der Waals surface area contributed by atoms with Gasteiger partial charge in [0, 0.05) is 0 Å². The Bertz CT molecular complexity index is 739. The first-order chi connectivity index (χ1) is 10.6. The van der Waals surface area contributed by atoms with E-state index in [9.17, 15) is 8.78 Å². The number of alkyl halides is 1. The standard InChI is InChI=1S/C19H13ClF2/c20-19(14-6-2-1-3-7-14,15-8-4-10-17(21)12-15)16-9-5-11-18(22)13-16/h1-13H. The third-order valence-corrected chi connectivity index (χ3v) is 4.27. The van der Waals surface area contributed by atoms with Crippen LogP contribution in [0.15, 0.2) is 78.9 Å². The third kappa shape index (κ3) is 2.62. The van der Waals surface area contributed by atoms with Crippen LogP contribution in [-0.4, -0.2) is 0 Å². The van der Waals surface area contributed by atoms with E-state index >= 15 is 0 Å². The summed E-state index contributed by atoms with van der Waals surface area (Å²) >= 11 is 6.93. The molecule has 0 atom stereocenters. The zero-order valence-electron chi connectivity index (χ0n) is 11.6. The molecular weight excluding hydrogens is 302 g/mol. The van der Waals surface area contributed by atoms with Gasteiger partial charge in [0.25, 0.3) is 0 Å². The molecule has 0 unspecified atom stereocenters. The first-order valence-corrected chi connectivity index (χ1v) is 7.25. The van der Waals surface area contributed by atoms with Gasteiger partial charge in [-0.3, -0.25) is 0 Å². The fraction of sp³-hybridized carbons (Fsp3) is 0.0526. The smallest absolute Gasteiger partial charge is 0.123 e. The lowest BCUT2D eigenvalue weighted by Gasteiger charge is -2.29. The highest BCUT2D eigenvalue weighted by molar-refractivity contribution is 6.28. The largest absolute Gasteiger partial charge is 0.207 e. The lowest BCUT2D eigenvalue weighted by atomic mass is 9.84. The molecule has 110 valence electrons. The van der Waals surface area contributed by atoms with Crippen LogP contribution in [0.25, 0.3) is 0 Å². The van der Waals surface area contributed by atoms with E-state index in [0.29, 0.717) is 11.1 Å². The van der Waals surface area contributed by atoms with E-state index in [-0.39, 0.29) is 11.6 Å². The molecule has 0 aliphatic carbocycles. The predicted octanol–water partition coefficient (Wildman–Crippen LogP) is 5.50. The molecule has 0 fully saturated rings. The molecule has 3 aromatic rings. The highest BCUT2D eigenvalue weighted by Crippen LogP contribution is 2.43. The van der Waals surface area contributed by atoms with Crippen molar-refractivity contribution in [1.29, 1.82) is 0 Å². The van der Waals surface area contributed by atoms with Gasteiger partial charge in [0.2, 0.25) is 0 Å². The van der Waals surface area contributed by atoms with Gasteiger partial charge < -0.3 is 0 Å². The van der Waals surface area contributed by atoms with Gasteiger partial charge in [0.1, 0.15) is 16.5 Å². The van der Waals surface area contributed by atoms with Gasteiger partial charge in [-0.25, -0.2) is 8.78 Å². The molecule has 0 amide bonds. The van der Waals surface area contributed by atoms with Crippen LogP contribution in [0, 0.1) is 11.6 Å². The Balaban J connectivity index is 2.27. The molecule has 3 heteroatoms. The molecule has 0 saturated heterocycles. The van der Waals surface area contributed by atoms with Crippen LogP contribution in [-0.2, 0) is 4.87 Å². The quantitative estimate of drug-likeness (QED) is 0.442. The lowest BCUT2D eigenvalue weighted by Crippen LogP contribution is -2.22. The molecule has 3 rings (SSSR count). The van der Waals surface area contributed by atoms with Crippen molar-refractivity contribution in [1.82, 2.24) is 0 Å². The van der Waals surface area contributed by atoms with Gasteiger partial charge in [-0.05, 0) is 41.0 Å². The fourth-order valence-corrected chi connectivity index (χ4v) is 2.93. The molecule has 0 spiro atoms. The Morgan fingerprint density at radius 3 is 1.50 bits per heavy atom. The SMILES string of the molecule is Fc1cccc(C(Cl)(c2ccccc2)c2cccc(F)c2)c1. The maximum Gasteiger partial charge on any atom is 0.123 e. The van der Waals surface area contributed by atoms with Gasteiger partial charge in [0.15, 0.2) is 0 Å². The molecule has 22 heavy (non-hydrogen) atoms. The molecule has 0 aromatic heterocycles. The number of halogens is 3. The minimum absolute atomic E-state index is 0.380. The normalized spacial score (nSPS) is 11.4. The van der Waals surface area contributed by atoms with Crippen molar-refractivity contribution >= 4 is 11.6 Å². The Kier molecular flexibility index (Phi) is 3.95. The zero-order valence-corrected chi connectivity index (χ0v) is 12.4. The highest BCUT2D eigenvalue weighted by atomic mass is 35.5. The van der Waals surface area contributed by atoms with Crippen LogP contribution < -0.4 is 0 Å². The van der Waals surface area contributed by atoms with Crippen LogP contribution in [0.3, 0.4) is 0 Å². The minimum Gasteiger partial charge on any atom is -0.207 e. The summed E-state index contributed by atoms with van der Waals surface area (Å²) in [6.45, 7) is 0. The van der Waals surface area contributed by atoms with Crippen molar-refractivity contribution in [2.75, 3.05) is 0 Å². The van der Waals surface area contributed by atoms with Crippen molar-refractivity contribution in [3.8, 4) is 0 Å². The minimum atomic E-state index is -1.15. The van der Waals surface area contributed by atoms with E-state index in [2.05, 4.69) is 0 Å². The van der Waals surface area contributed by atoms with E-state index in [1.165, 1.54) is 24.3 Å². The second kappa shape index (κ2) is 5.90. The molecule has 0 heterocycles. The van der Waals surface area contributed by atoms with Crippen LogP contribution in [0.5, 0.6) is 0 Å². The maximum atomic E-state index is 13.7. The van der Waals surface area contributed by atoms with Gasteiger partial charge in [-0.2, -0.15) is 0 Å². The highest BCUT2D eigenvalue weighted by Gasteiger charge is 2.34. The van der Waals surface area contributed by atoms with Crippen molar-refractivity contribution in [3.63, 3.8) is 0 Å². The van der Waals surface area contributed by atoms with E-state index in [0.717, 1.165) is 5.56 Å². The van der Waals surface area contributed by atoms with Gasteiger partial charge in [-0.1, -0.05) is 54.6 Å². The molecule has 0 N–H and O–H groups in total. The van der Waals surface area contributed by atoms with Gasteiger partial charge >= 0.3 is 0 Å². The first kappa shape index (κ1) is 14.7. The molecule has 0 saturated carbocycles. The summed E-state index contributed by atoms with van der Waals surface area (Å²) in [6.07, 6.45) is 0. The van der Waals surface area contributed by atoms with Crippen molar-refractivity contribution in [2.45, 2.75) is 4.87 Å². The summed E-state index contributed by atoms with van der Waals surface area (Å²) in [5.74, 6) is -0.760. The van der Waals surface area contributed by atoms with Gasteiger partial charge in [0.05, 0.1) is 0 Å². The Morgan fingerprint density at radius 1 is 0.591 bits per heavy atom. The summed E-state index contributed by atoms with van der Waals surface area (Å²) in [7, 11) is 0. The van der Waals surface area contributed by atoms with Crippen LogP contribution >= 0.6 is 11.6 Å². The summed E-state index contributed by atoms with van der Waals surface area (Å²) in [6, 6.07) is 21.4. The average molecular weight is 315 g/mol. The number of hydrogen-bond donors (Lipinski definition) is 0. The van der Waals surface area contributed by atoms with Crippen molar-refractivity contribution < 1.29 is 8.78 Å². The zero-order chi connectivity index (χ0) is 15.6. The topological polar surface area (TPSA) is 0 Å². The number of benzene rings is 3. The Morgan fingerprint density at radius 2 is 1.05 bits per heavy atom. The van der Waals surface area contributed by atoms with Crippen molar-refractivity contribution in [3.05, 3.63) is 107 Å². The maximum absolute atomic E-state index is 13.7. The monoisotopic (exact) mass is 314 g/mol. The Labute approximate surface area is 133 Å². The van der Waals surface area contributed by atoms with Gasteiger partial charge in [-0.15, -0.1) is 11.6 Å². The van der Waals surface area contributed by atoms with E-state index in [1.807, 2.05) is 30.3 Å². The number of hydrogen-bond acceptors (Lipinski definition) is 0. The van der Waals surface area contributed by atoms with Crippen LogP contribution in [0.1, 0.15) is 16.7 Å². The molecule has 0 radical (unpaired) electrons. The van der Waals surface area contributed by atoms with Crippen molar-refractivity contribution in [2.24, 2.45) is 0 Å². The predicted molar refractivity (Wildman–Crippen MR) is 85.0 cm³/mol. The average Bonchev–Trinajstić information content (AvgIpc) is 2.55.